The topological polar surface area (TPSA) is 35.5 Å². The van der Waals surface area contributed by atoms with Crippen LogP contribution < -0.4 is 4.74 Å². The molecular weight excluding hydrogens is 500 g/mol. The van der Waals surface area contributed by atoms with Crippen LogP contribution in [-0.2, 0) is 20.4 Å². The first-order chi connectivity index (χ1) is 19.1. The summed E-state index contributed by atoms with van der Waals surface area (Å²) in [7, 11) is -0.231. The predicted molar refractivity (Wildman–Crippen MR) is 157 cm³/mol. The van der Waals surface area contributed by atoms with Crippen LogP contribution in [0, 0.1) is 17.8 Å². The van der Waals surface area contributed by atoms with Gasteiger partial charge in [0, 0.05) is 11.5 Å². The molecule has 0 saturated heterocycles. The van der Waals surface area contributed by atoms with E-state index in [2.05, 4.69) is 72.5 Å². The van der Waals surface area contributed by atoms with Crippen LogP contribution in [0.1, 0.15) is 38.2 Å². The Morgan fingerprint density at radius 1 is 0.769 bits per heavy atom. The molecule has 1 aliphatic rings. The van der Waals surface area contributed by atoms with Crippen molar-refractivity contribution in [2.24, 2.45) is 5.92 Å². The Balaban J connectivity index is 1.27. The van der Waals surface area contributed by atoms with Crippen molar-refractivity contribution in [2.45, 2.75) is 52.9 Å². The molecule has 0 aromatic heterocycles. The maximum Gasteiger partial charge on any atom is 0.345 e. The van der Waals surface area contributed by atoms with Crippen LogP contribution in [0.25, 0.3) is 0 Å². The van der Waals surface area contributed by atoms with Gasteiger partial charge in [-0.15, -0.1) is 0 Å². The van der Waals surface area contributed by atoms with Crippen molar-refractivity contribution in [1.82, 2.24) is 0 Å². The fraction of sp³-hybridized carbons (Fsp3) is 0.229. The lowest BCUT2D eigenvalue weighted by Crippen LogP contribution is -2.38. The number of benzene rings is 4. The number of rotatable bonds is 8. The molecule has 1 fully saturated rings. The van der Waals surface area contributed by atoms with E-state index in [9.17, 15) is 4.79 Å². The van der Waals surface area contributed by atoms with Gasteiger partial charge in [-0.05, 0) is 86.3 Å². The van der Waals surface area contributed by atoms with Crippen LogP contribution in [-0.4, -0.2) is 18.2 Å². The highest BCUT2D eigenvalue weighted by Crippen LogP contribution is 2.36. The fourth-order valence-corrected chi connectivity index (χ4v) is 7.09. The van der Waals surface area contributed by atoms with E-state index in [1.54, 1.807) is 0 Å². The van der Waals surface area contributed by atoms with E-state index < -0.39 is 11.6 Å². The largest absolute Gasteiger partial charge is 0.482 e. The Morgan fingerprint density at radius 3 is 1.85 bits per heavy atom. The molecule has 5 rings (SSSR count). The highest BCUT2D eigenvalue weighted by Gasteiger charge is 2.38. The van der Waals surface area contributed by atoms with Gasteiger partial charge in [-0.2, -0.15) is 0 Å². The number of esters is 1. The van der Waals surface area contributed by atoms with E-state index in [0.717, 1.165) is 31.2 Å². The zero-order valence-electron chi connectivity index (χ0n) is 22.2. The molecule has 1 saturated carbocycles. The van der Waals surface area contributed by atoms with Gasteiger partial charge in [0.15, 0.2) is 26.9 Å². The average Bonchev–Trinajstić information content (AvgIpc) is 3.54. The molecule has 0 bridgehead atoms. The van der Waals surface area contributed by atoms with Gasteiger partial charge in [-0.3, -0.25) is 0 Å². The Kier molecular flexibility index (Phi) is 8.71. The van der Waals surface area contributed by atoms with Crippen molar-refractivity contribution < 1.29 is 14.3 Å². The molecule has 1 unspecified atom stereocenters. The number of carbonyl (C=O) groups excluding carboxylic acids is 1. The third-order valence-electron chi connectivity index (χ3n) is 7.06. The monoisotopic (exact) mass is 533 g/mol. The van der Waals surface area contributed by atoms with E-state index in [0.29, 0.717) is 5.75 Å². The summed E-state index contributed by atoms with van der Waals surface area (Å²) in [4.78, 5) is 16.6. The second-order valence-corrected chi connectivity index (χ2v) is 11.9. The number of ether oxygens (including phenoxy) is 2. The van der Waals surface area contributed by atoms with E-state index in [-0.39, 0.29) is 23.4 Å². The summed E-state index contributed by atoms with van der Waals surface area (Å²) in [5.74, 6) is 6.97. The zero-order valence-corrected chi connectivity index (χ0v) is 23.0. The Labute approximate surface area is 234 Å². The summed E-state index contributed by atoms with van der Waals surface area (Å²) < 4.78 is 11.9. The summed E-state index contributed by atoms with van der Waals surface area (Å²) in [6.45, 7) is 1.79. The molecule has 4 aromatic carbocycles. The maximum atomic E-state index is 12.9. The van der Waals surface area contributed by atoms with Gasteiger partial charge in [0.2, 0.25) is 0 Å². The molecule has 39 heavy (non-hydrogen) atoms. The molecule has 1 aliphatic carbocycles. The van der Waals surface area contributed by atoms with Gasteiger partial charge in [-0.25, -0.2) is 4.79 Å². The van der Waals surface area contributed by atoms with Crippen molar-refractivity contribution in [3.05, 3.63) is 121 Å². The van der Waals surface area contributed by atoms with Gasteiger partial charge in [0.25, 0.3) is 0 Å². The Morgan fingerprint density at radius 2 is 1.28 bits per heavy atom. The standard InChI is InChI=1S/C35H33O3S/c1-35(29-15-11-12-16-29,26-25-28-13-5-2-6-14-28)38-34(36)27-37-30-21-23-33(24-22-30)39(31-17-7-3-8-18-31)32-19-9-4-10-20-32/h2-10,13-14,17-24,29H,11-12,15-16,27H2,1H3/q+1. The minimum Gasteiger partial charge on any atom is -0.482 e. The lowest BCUT2D eigenvalue weighted by atomic mass is 9.87. The van der Waals surface area contributed by atoms with Gasteiger partial charge >= 0.3 is 5.97 Å². The summed E-state index contributed by atoms with van der Waals surface area (Å²) >= 11 is 0. The first kappa shape index (κ1) is 26.7. The Bertz CT molecular complexity index is 1360. The van der Waals surface area contributed by atoms with Crippen molar-refractivity contribution in [3.63, 3.8) is 0 Å². The van der Waals surface area contributed by atoms with Crippen molar-refractivity contribution in [1.29, 1.82) is 0 Å². The van der Waals surface area contributed by atoms with Crippen LogP contribution in [0.15, 0.2) is 130 Å². The molecule has 0 radical (unpaired) electrons. The molecule has 0 N–H and O–H groups in total. The molecule has 0 spiro atoms. The zero-order chi connectivity index (χ0) is 26.9. The molecule has 0 aliphatic heterocycles. The van der Waals surface area contributed by atoms with E-state index in [1.807, 2.05) is 61.5 Å². The maximum absolute atomic E-state index is 12.9. The highest BCUT2D eigenvalue weighted by atomic mass is 32.2. The predicted octanol–water partition coefficient (Wildman–Crippen LogP) is 7.70. The molecule has 0 heterocycles. The number of carbonyl (C=O) groups is 1. The summed E-state index contributed by atoms with van der Waals surface area (Å²) in [6.07, 6.45) is 4.31. The van der Waals surface area contributed by atoms with Crippen molar-refractivity contribution >= 4 is 16.9 Å². The van der Waals surface area contributed by atoms with Gasteiger partial charge in [0.05, 0.1) is 10.9 Å². The smallest absolute Gasteiger partial charge is 0.345 e. The second kappa shape index (κ2) is 12.7. The van der Waals surface area contributed by atoms with Gasteiger partial charge in [0.1, 0.15) is 5.75 Å². The quantitative estimate of drug-likeness (QED) is 0.132. The first-order valence-electron chi connectivity index (χ1n) is 13.5. The van der Waals surface area contributed by atoms with Crippen molar-refractivity contribution in [3.8, 4) is 17.6 Å². The van der Waals surface area contributed by atoms with Crippen LogP contribution in [0.5, 0.6) is 5.75 Å². The molecular formula is C35H33O3S+. The van der Waals surface area contributed by atoms with E-state index in [4.69, 9.17) is 9.47 Å². The lowest BCUT2D eigenvalue weighted by molar-refractivity contribution is -0.159. The van der Waals surface area contributed by atoms with Crippen LogP contribution in [0.4, 0.5) is 0 Å². The van der Waals surface area contributed by atoms with Crippen LogP contribution in [0.2, 0.25) is 0 Å². The summed E-state index contributed by atoms with van der Waals surface area (Å²) in [5, 5.41) is 0. The summed E-state index contributed by atoms with van der Waals surface area (Å²) in [6, 6.07) is 38.9. The lowest BCUT2D eigenvalue weighted by Gasteiger charge is -2.30. The average molecular weight is 534 g/mol. The molecule has 4 aromatic rings. The van der Waals surface area contributed by atoms with E-state index in [1.165, 1.54) is 14.7 Å². The SMILES string of the molecule is CC(C#Cc1ccccc1)(OC(=O)COc1ccc([S+](c2ccccc2)c2ccccc2)cc1)C1CCCC1. The molecule has 4 heteroatoms. The van der Waals surface area contributed by atoms with Crippen LogP contribution in [0.3, 0.4) is 0 Å². The number of hydrogen-bond donors (Lipinski definition) is 0. The first-order valence-corrected chi connectivity index (χ1v) is 14.7. The van der Waals surface area contributed by atoms with E-state index >= 15 is 0 Å². The normalized spacial score (nSPS) is 14.7. The summed E-state index contributed by atoms with van der Waals surface area (Å²) in [5.41, 5.74) is 0.0789. The molecule has 196 valence electrons. The van der Waals surface area contributed by atoms with Crippen molar-refractivity contribution in [2.75, 3.05) is 6.61 Å². The fourth-order valence-electron chi connectivity index (χ4n) is 5.01. The highest BCUT2D eigenvalue weighted by molar-refractivity contribution is 7.97. The minimum atomic E-state index is -0.837. The number of hydrogen-bond acceptors (Lipinski definition) is 3. The Hall–Kier alpha value is -3.94. The second-order valence-electron chi connectivity index (χ2n) is 9.87. The van der Waals surface area contributed by atoms with Crippen LogP contribution >= 0.6 is 0 Å². The minimum absolute atomic E-state index is 0.155. The molecule has 3 nitrogen and oxygen atoms in total. The van der Waals surface area contributed by atoms with Gasteiger partial charge < -0.3 is 9.47 Å². The third kappa shape index (κ3) is 6.93. The third-order valence-corrected chi connectivity index (χ3v) is 9.29. The molecule has 1 atom stereocenters. The molecule has 0 amide bonds. The van der Waals surface area contributed by atoms with Gasteiger partial charge in [-0.1, -0.05) is 73.4 Å².